The summed E-state index contributed by atoms with van der Waals surface area (Å²) < 4.78 is 0. The van der Waals surface area contributed by atoms with Gasteiger partial charge in [0.15, 0.2) is 0 Å². The highest BCUT2D eigenvalue weighted by molar-refractivity contribution is 5.03. The molecule has 3 N–H and O–H groups in total. The first-order valence-electron chi connectivity index (χ1n) is 6.46. The van der Waals surface area contributed by atoms with E-state index in [4.69, 9.17) is 5.84 Å². The lowest BCUT2D eigenvalue weighted by Crippen LogP contribution is -2.42. The number of hydrogen-bond donors (Lipinski definition) is 2. The zero-order valence-corrected chi connectivity index (χ0v) is 10.6. The molecule has 1 aliphatic carbocycles. The summed E-state index contributed by atoms with van der Waals surface area (Å²) in [4.78, 5) is 4.28. The molecule has 1 aliphatic rings. The Hall–Kier alpha value is -1.39. The molecule has 4 heteroatoms. The smallest absolute Gasteiger partial charge is 0.0881 e. The van der Waals surface area contributed by atoms with E-state index in [0.717, 1.165) is 31.4 Å². The summed E-state index contributed by atoms with van der Waals surface area (Å²) in [6.07, 6.45) is 5.74. The minimum atomic E-state index is 0.254. The van der Waals surface area contributed by atoms with Crippen LogP contribution in [0.15, 0.2) is 36.7 Å². The average Bonchev–Trinajstić information content (AvgIpc) is 2.40. The van der Waals surface area contributed by atoms with Crippen molar-refractivity contribution in [1.82, 2.24) is 9.99 Å². The molecule has 18 heavy (non-hydrogen) atoms. The van der Waals surface area contributed by atoms with Crippen LogP contribution in [0.2, 0.25) is 0 Å². The maximum Gasteiger partial charge on any atom is 0.0881 e. The lowest BCUT2D eigenvalue weighted by Gasteiger charge is -2.33. The van der Waals surface area contributed by atoms with Crippen LogP contribution in [0.3, 0.4) is 0 Å². The summed E-state index contributed by atoms with van der Waals surface area (Å²) >= 11 is 0. The second-order valence-corrected chi connectivity index (χ2v) is 4.99. The fourth-order valence-electron chi connectivity index (χ4n) is 2.55. The number of hydrogen-bond acceptors (Lipinski definition) is 4. The van der Waals surface area contributed by atoms with E-state index < -0.39 is 0 Å². The Morgan fingerprint density at radius 3 is 2.67 bits per heavy atom. The Morgan fingerprint density at radius 2 is 2.11 bits per heavy atom. The van der Waals surface area contributed by atoms with Gasteiger partial charge < -0.3 is 5.11 Å². The van der Waals surface area contributed by atoms with Gasteiger partial charge in [-0.2, -0.15) is 0 Å². The SMILES string of the molecule is C=C(O)C1CCC(N(N)Cc2ccccn2)CC1. The zero-order chi connectivity index (χ0) is 13.0. The molecule has 0 atom stereocenters. The van der Waals surface area contributed by atoms with Crippen LogP contribution in [0, 0.1) is 5.92 Å². The largest absolute Gasteiger partial charge is 0.513 e. The van der Waals surface area contributed by atoms with Gasteiger partial charge in [0.05, 0.1) is 18.0 Å². The molecule has 1 aromatic heterocycles. The van der Waals surface area contributed by atoms with Crippen LogP contribution in [-0.2, 0) is 6.54 Å². The number of aliphatic hydroxyl groups is 1. The molecule has 1 fully saturated rings. The van der Waals surface area contributed by atoms with Crippen molar-refractivity contribution in [3.05, 3.63) is 42.4 Å². The third kappa shape index (κ3) is 3.31. The van der Waals surface area contributed by atoms with E-state index in [2.05, 4.69) is 11.6 Å². The molecule has 0 bridgehead atoms. The quantitative estimate of drug-likeness (QED) is 0.487. The molecule has 0 spiro atoms. The van der Waals surface area contributed by atoms with Gasteiger partial charge >= 0.3 is 0 Å². The van der Waals surface area contributed by atoms with Crippen molar-refractivity contribution in [3.63, 3.8) is 0 Å². The molecule has 0 aromatic carbocycles. The molecule has 2 rings (SSSR count). The van der Waals surface area contributed by atoms with Crippen molar-refractivity contribution in [2.75, 3.05) is 0 Å². The van der Waals surface area contributed by atoms with Crippen molar-refractivity contribution in [2.24, 2.45) is 11.8 Å². The van der Waals surface area contributed by atoms with Gasteiger partial charge in [-0.3, -0.25) is 10.8 Å². The lowest BCUT2D eigenvalue weighted by atomic mass is 9.85. The van der Waals surface area contributed by atoms with Gasteiger partial charge in [-0.25, -0.2) is 5.01 Å². The first kappa shape index (κ1) is 13.1. The molecular weight excluding hydrogens is 226 g/mol. The van der Waals surface area contributed by atoms with Gasteiger partial charge in [-0.1, -0.05) is 12.6 Å². The monoisotopic (exact) mass is 247 g/mol. The second-order valence-electron chi connectivity index (χ2n) is 4.99. The van der Waals surface area contributed by atoms with Crippen molar-refractivity contribution in [3.8, 4) is 0 Å². The summed E-state index contributed by atoms with van der Waals surface area (Å²) in [6.45, 7) is 4.29. The highest BCUT2D eigenvalue weighted by Gasteiger charge is 2.25. The van der Waals surface area contributed by atoms with Crippen LogP contribution in [0.1, 0.15) is 31.4 Å². The Morgan fingerprint density at radius 1 is 1.39 bits per heavy atom. The third-order valence-electron chi connectivity index (χ3n) is 3.71. The van der Waals surface area contributed by atoms with Crippen LogP contribution in [0.5, 0.6) is 0 Å². The molecule has 4 nitrogen and oxygen atoms in total. The number of rotatable bonds is 4. The fraction of sp³-hybridized carbons (Fsp3) is 0.500. The molecular formula is C14H21N3O. The van der Waals surface area contributed by atoms with Crippen molar-refractivity contribution < 1.29 is 5.11 Å². The highest BCUT2D eigenvalue weighted by atomic mass is 16.3. The third-order valence-corrected chi connectivity index (χ3v) is 3.71. The van der Waals surface area contributed by atoms with Crippen LogP contribution in [0.4, 0.5) is 0 Å². The minimum Gasteiger partial charge on any atom is -0.513 e. The van der Waals surface area contributed by atoms with Crippen LogP contribution in [-0.4, -0.2) is 21.1 Å². The lowest BCUT2D eigenvalue weighted by molar-refractivity contribution is 0.125. The predicted molar refractivity (Wildman–Crippen MR) is 71.5 cm³/mol. The molecule has 98 valence electrons. The maximum absolute atomic E-state index is 9.39. The first-order chi connectivity index (χ1) is 8.66. The van der Waals surface area contributed by atoms with E-state index in [0.29, 0.717) is 18.3 Å². The van der Waals surface area contributed by atoms with E-state index >= 15 is 0 Å². The van der Waals surface area contributed by atoms with Gasteiger partial charge in [-0.15, -0.1) is 0 Å². The number of nitrogens with two attached hydrogens (primary N) is 1. The summed E-state index contributed by atoms with van der Waals surface area (Å²) in [5.74, 6) is 6.69. The minimum absolute atomic E-state index is 0.254. The standard InChI is InChI=1S/C14H21N3O/c1-11(18)12-5-7-14(8-6-12)17(15)10-13-4-2-3-9-16-13/h2-4,9,12,14,18H,1,5-8,10,15H2. The number of aromatic nitrogens is 1. The molecule has 1 aromatic rings. The molecule has 0 amide bonds. The van der Waals surface area contributed by atoms with Gasteiger partial charge in [0.25, 0.3) is 0 Å². The van der Waals surface area contributed by atoms with Gasteiger partial charge in [0, 0.05) is 18.2 Å². The second kappa shape index (κ2) is 5.98. The summed E-state index contributed by atoms with van der Waals surface area (Å²) in [5, 5.41) is 11.3. The molecule has 1 saturated carbocycles. The number of nitrogens with zero attached hydrogens (tertiary/aromatic N) is 2. The zero-order valence-electron chi connectivity index (χ0n) is 10.6. The molecule has 0 aliphatic heterocycles. The number of allylic oxidation sites excluding steroid dienone is 1. The summed E-state index contributed by atoms with van der Waals surface area (Å²) in [5.41, 5.74) is 0.994. The van der Waals surface area contributed by atoms with Gasteiger partial charge in [-0.05, 0) is 37.8 Å². The molecule has 0 radical (unpaired) electrons. The number of hydrazine groups is 1. The molecule has 0 saturated heterocycles. The summed E-state index contributed by atoms with van der Waals surface area (Å²) in [6, 6.07) is 6.24. The fourth-order valence-corrected chi connectivity index (χ4v) is 2.55. The van der Waals surface area contributed by atoms with Crippen molar-refractivity contribution >= 4 is 0 Å². The molecule has 0 unspecified atom stereocenters. The van der Waals surface area contributed by atoms with E-state index in [1.54, 1.807) is 6.20 Å². The Bertz CT molecular complexity index is 385. The van der Waals surface area contributed by atoms with Crippen LogP contribution < -0.4 is 5.84 Å². The Kier molecular flexibility index (Phi) is 4.33. The van der Waals surface area contributed by atoms with Crippen LogP contribution >= 0.6 is 0 Å². The van der Waals surface area contributed by atoms with E-state index in [1.165, 1.54) is 0 Å². The van der Waals surface area contributed by atoms with Crippen molar-refractivity contribution in [2.45, 2.75) is 38.3 Å². The first-order valence-corrected chi connectivity index (χ1v) is 6.46. The predicted octanol–water partition coefficient (Wildman–Crippen LogP) is 2.39. The summed E-state index contributed by atoms with van der Waals surface area (Å²) in [7, 11) is 0. The van der Waals surface area contributed by atoms with E-state index in [-0.39, 0.29) is 5.92 Å². The Labute approximate surface area is 108 Å². The highest BCUT2D eigenvalue weighted by Crippen LogP contribution is 2.30. The molecule has 1 heterocycles. The Balaban J connectivity index is 1.84. The van der Waals surface area contributed by atoms with Gasteiger partial charge in [0.2, 0.25) is 0 Å². The number of aliphatic hydroxyl groups excluding tert-OH is 1. The van der Waals surface area contributed by atoms with E-state index in [9.17, 15) is 5.11 Å². The number of pyridine rings is 1. The van der Waals surface area contributed by atoms with Gasteiger partial charge in [0.1, 0.15) is 0 Å². The van der Waals surface area contributed by atoms with E-state index in [1.807, 2.05) is 23.2 Å². The average molecular weight is 247 g/mol. The van der Waals surface area contributed by atoms with Crippen LogP contribution in [0.25, 0.3) is 0 Å². The van der Waals surface area contributed by atoms with Crippen molar-refractivity contribution in [1.29, 1.82) is 0 Å². The maximum atomic E-state index is 9.39. The normalized spacial score (nSPS) is 24.1. The topological polar surface area (TPSA) is 62.4 Å².